The summed E-state index contributed by atoms with van der Waals surface area (Å²) >= 11 is 6.71. The van der Waals surface area contributed by atoms with E-state index in [1.165, 1.54) is 65.1 Å². The number of imidazole rings is 2. The van der Waals surface area contributed by atoms with Gasteiger partial charge in [-0.15, -0.1) is 0 Å². The Labute approximate surface area is 856 Å². The molecule has 4 aromatic carbocycles. The number of aromatic nitrogens is 17. The van der Waals surface area contributed by atoms with Crippen molar-refractivity contribution in [1.82, 2.24) is 84.4 Å². The Hall–Kier alpha value is -11.8. The summed E-state index contributed by atoms with van der Waals surface area (Å²) in [7, 11) is 6.32. The number of aldehydes is 2. The molecular formula is C110H128BBr2N17O14. The molecule has 34 heteroatoms. The predicted molar refractivity (Wildman–Crippen MR) is 561 cm³/mol. The molecule has 31 nitrogen and oxygen atoms in total. The van der Waals surface area contributed by atoms with Crippen molar-refractivity contribution < 1.29 is 66.8 Å². The van der Waals surface area contributed by atoms with E-state index in [0.717, 1.165) is 282 Å². The zero-order chi connectivity index (χ0) is 101. The molecule has 0 bridgehead atoms. The lowest BCUT2D eigenvalue weighted by molar-refractivity contribution is -0.137. The number of fused-ring (bicyclic) bond motifs is 6. The molecule has 4 saturated heterocycles. The molecule has 754 valence electrons. The highest BCUT2D eigenvalue weighted by molar-refractivity contribution is 9.10. The van der Waals surface area contributed by atoms with Crippen LogP contribution < -0.4 is 5.46 Å². The van der Waals surface area contributed by atoms with E-state index in [1.807, 2.05) is 125 Å². The van der Waals surface area contributed by atoms with Crippen molar-refractivity contribution in [2.45, 2.75) is 260 Å². The van der Waals surface area contributed by atoms with Crippen molar-refractivity contribution in [3.63, 3.8) is 0 Å². The molecule has 22 rings (SSSR count). The normalized spacial score (nSPS) is 17.4. The third kappa shape index (κ3) is 24.0. The van der Waals surface area contributed by atoms with Gasteiger partial charge < -0.3 is 57.5 Å². The third-order valence-corrected chi connectivity index (χ3v) is 29.9. The maximum atomic E-state index is 11.6. The maximum absolute atomic E-state index is 11.6. The first-order valence-corrected chi connectivity index (χ1v) is 51.4. The number of aliphatic hydroxyl groups excluding tert-OH is 1. The largest absolute Gasteiger partial charge is 0.494 e. The Bertz CT molecular complexity index is 6970. The number of H-pyrrole nitrogens is 3. The van der Waals surface area contributed by atoms with E-state index in [9.17, 15) is 19.2 Å². The first kappa shape index (κ1) is 105. The summed E-state index contributed by atoms with van der Waals surface area (Å²) in [4.78, 5) is 82.2. The number of carbonyl (C=O) groups excluding carboxylic acids is 4. The highest BCUT2D eigenvalue weighted by Crippen LogP contribution is 2.42. The second kappa shape index (κ2) is 48.5. The molecule has 5 fully saturated rings. The fourth-order valence-corrected chi connectivity index (χ4v) is 19.8. The van der Waals surface area contributed by atoms with E-state index in [-0.39, 0.29) is 36.9 Å². The van der Waals surface area contributed by atoms with Gasteiger partial charge in [-0.25, -0.2) is 24.0 Å². The maximum Gasteiger partial charge on any atom is 0.494 e. The second-order valence-corrected chi connectivity index (χ2v) is 40.1. The molecular weight excluding hydrogens is 1950 g/mol. The zero-order valence-electron chi connectivity index (χ0n) is 84.4. The number of pyridine rings is 5. The van der Waals surface area contributed by atoms with Gasteiger partial charge in [-0.05, 0) is 331 Å². The minimum atomic E-state index is -0.460. The van der Waals surface area contributed by atoms with Gasteiger partial charge in [-0.2, -0.15) is 20.4 Å². The lowest BCUT2D eigenvalue weighted by Gasteiger charge is -2.32. The summed E-state index contributed by atoms with van der Waals surface area (Å²) in [6.45, 7) is 23.0. The van der Waals surface area contributed by atoms with Crippen molar-refractivity contribution in [3.8, 4) is 56.4 Å². The number of aromatic amines is 3. The molecule has 0 amide bonds. The number of carbonyl (C=O) groups is 4. The summed E-state index contributed by atoms with van der Waals surface area (Å²) < 4.78 is 58.8. The van der Waals surface area contributed by atoms with Crippen molar-refractivity contribution in [2.24, 2.45) is 0 Å². The SMILES string of the molecule is CC1(C)OB(c2ccc3c(c2)c(C=O)nn3C2CCCCO2)OC1(C)C.COCc1cncc(-c2ccc3[nH]nc(-c4nc5c([nH]4)CCCC5)c3c2)c1C.COCc1cncc(-c2ccc3c(c2)c(-c2nc4c([nH]2)CCCC4)nn3C2CCCCO2)c1C.COCc1cncc(-c2ccc3c(c2)c(C=O)nn3C2CCCCO2)c1C.COCc1cncc(Br)c1C.Cc1c(Br)cncc1CO.O=C1CCCCC1=O. The number of hydrogen-bond acceptors (Lipinski definition) is 25. The Kier molecular flexibility index (Phi) is 35.4. The van der Waals surface area contributed by atoms with Gasteiger partial charge in [0, 0.05) is 187 Å². The van der Waals surface area contributed by atoms with Crippen LogP contribution in [-0.2, 0) is 111 Å². The molecule has 3 atom stereocenters. The molecule has 1 saturated carbocycles. The Morgan fingerprint density at radius 3 is 1.22 bits per heavy atom. The summed E-state index contributed by atoms with van der Waals surface area (Å²) in [5, 5.41) is 34.4. The predicted octanol–water partition coefficient (Wildman–Crippen LogP) is 21.4. The number of aliphatic hydroxyl groups is 1. The number of halogens is 2. The summed E-state index contributed by atoms with van der Waals surface area (Å²) in [5.41, 5.74) is 29.1. The molecule has 0 radical (unpaired) electrons. The van der Waals surface area contributed by atoms with E-state index in [4.69, 9.17) is 62.6 Å². The van der Waals surface area contributed by atoms with Gasteiger partial charge in [0.1, 0.15) is 22.8 Å². The molecule has 15 heterocycles. The van der Waals surface area contributed by atoms with Crippen molar-refractivity contribution in [1.29, 1.82) is 0 Å². The second-order valence-electron chi connectivity index (χ2n) is 38.4. The molecule has 4 aliphatic heterocycles. The van der Waals surface area contributed by atoms with E-state index in [2.05, 4.69) is 155 Å². The van der Waals surface area contributed by atoms with Crippen molar-refractivity contribution >= 4 is 112 Å². The first-order valence-electron chi connectivity index (χ1n) is 49.8. The van der Waals surface area contributed by atoms with Gasteiger partial charge in [0.2, 0.25) is 0 Å². The number of hydrogen-bond donors (Lipinski definition) is 4. The number of methoxy groups -OCH3 is 4. The van der Waals surface area contributed by atoms with Crippen LogP contribution in [-0.4, -0.2) is 180 Å². The van der Waals surface area contributed by atoms with E-state index in [1.54, 1.807) is 47.0 Å². The first-order chi connectivity index (χ1) is 69.8. The molecule has 3 unspecified atom stereocenters. The number of ether oxygens (including phenoxy) is 7. The Morgan fingerprint density at radius 2 is 0.806 bits per heavy atom. The Morgan fingerprint density at radius 1 is 0.431 bits per heavy atom. The summed E-state index contributed by atoms with van der Waals surface area (Å²) in [6.07, 6.45) is 41.0. The number of ketones is 2. The van der Waals surface area contributed by atoms with Crippen LogP contribution in [0.2, 0.25) is 0 Å². The molecule has 11 aromatic heterocycles. The third-order valence-electron chi connectivity index (χ3n) is 28.3. The van der Waals surface area contributed by atoms with Crippen LogP contribution in [0.25, 0.3) is 100 Å². The molecule has 15 aromatic rings. The monoisotopic (exact) mass is 2080 g/mol. The fraction of sp³-hybridized carbons (Fsp3) is 0.427. The van der Waals surface area contributed by atoms with E-state index in [0.29, 0.717) is 50.7 Å². The minimum Gasteiger partial charge on any atom is -0.399 e. The van der Waals surface area contributed by atoms with Crippen LogP contribution in [0.5, 0.6) is 0 Å². The van der Waals surface area contributed by atoms with Gasteiger partial charge in [0.15, 0.2) is 54.5 Å². The Balaban J connectivity index is 0.000000126. The van der Waals surface area contributed by atoms with Crippen LogP contribution in [0.3, 0.4) is 0 Å². The molecule has 144 heavy (non-hydrogen) atoms. The van der Waals surface area contributed by atoms with E-state index >= 15 is 0 Å². The average molecular weight is 2080 g/mol. The smallest absolute Gasteiger partial charge is 0.399 e. The number of nitrogens with one attached hydrogen (secondary N) is 3. The summed E-state index contributed by atoms with van der Waals surface area (Å²) in [5.74, 6) is 1.39. The molecule has 4 N–H and O–H groups in total. The van der Waals surface area contributed by atoms with Gasteiger partial charge in [0.25, 0.3) is 0 Å². The zero-order valence-corrected chi connectivity index (χ0v) is 87.6. The van der Waals surface area contributed by atoms with Crippen molar-refractivity contribution in [3.05, 3.63) is 234 Å². The van der Waals surface area contributed by atoms with Crippen molar-refractivity contribution in [2.75, 3.05) is 48.3 Å². The fourth-order valence-electron chi connectivity index (χ4n) is 19.1. The number of rotatable bonds is 20. The summed E-state index contributed by atoms with van der Waals surface area (Å²) in [6, 6.07) is 24.9. The van der Waals surface area contributed by atoms with E-state index < -0.39 is 18.3 Å². The van der Waals surface area contributed by atoms with Crippen LogP contribution in [0.4, 0.5) is 0 Å². The molecule has 7 aliphatic rings. The van der Waals surface area contributed by atoms with Crippen LogP contribution in [0.1, 0.15) is 255 Å². The topological polar surface area (TPSA) is 376 Å². The van der Waals surface area contributed by atoms with Gasteiger partial charge in [0.05, 0.1) is 77.7 Å². The molecule has 3 aliphatic carbocycles. The lowest BCUT2D eigenvalue weighted by Crippen LogP contribution is -2.41. The van der Waals surface area contributed by atoms with Crippen LogP contribution in [0.15, 0.2) is 144 Å². The number of benzene rings is 4. The number of aryl methyl sites for hydroxylation is 4. The molecule has 0 spiro atoms. The van der Waals surface area contributed by atoms with Crippen LogP contribution >= 0.6 is 31.9 Å². The lowest BCUT2D eigenvalue weighted by atomic mass is 9.78. The van der Waals surface area contributed by atoms with Gasteiger partial charge in [-0.1, -0.05) is 30.3 Å². The highest BCUT2D eigenvalue weighted by atomic mass is 79.9. The standard InChI is InChI=1S/C27H31N5O2.C22H23N5O.C21H23N3O3.C19H25BN2O4.C8H10BrNO.C7H8BrNO.C6H8O2/c1-17-19(16-33-2)14-28-15-21(17)18-10-11-24-20(13-18)26(31-32(24)25-9-5-6-12-34-25)27-29-22-7-3-4-8-23(22)30-27;1-13-15(12-28-2)10-23-11-17(13)14-7-8-18-16(9-14)21(27-26-18)22-24-19-5-3-4-6-20(19)25-22;1-14-16(13-26-2)10-22-11-18(14)15-6-7-20-17(9-15)19(12-25)23-24(20)21-5-3-4-8-27-21;1-18(2)19(3,4)26-20(25-18)13-8-9-16-14(11-13)15(12-23)21-22(16)17-7-5-6-10-24-17;1-6-7(5-11-2)3-10-4-8(6)9;1-5-6(4-10)2-9-3-7(5)8;7-5-3-1-2-4-6(5)8/h10-11,13-15,25H,3-9,12,16H2,1-2H3,(H,29,30);7-11H,3-6,12H2,1-2H3,(H,24,25)(H,26,27);6-7,9-12,21H,3-5,8,13H2,1-2H3;8-9,11-12,17H,5-7,10H2,1-4H3;3-4H,5H2,1-2H3;2-3,10H,4H2,1H3;1-4H2. The van der Waals surface area contributed by atoms with Gasteiger partial charge in [-0.3, -0.25) is 49.2 Å². The number of Topliss-reactive ketones (excluding diaryl/α,β-unsaturated/α-hetero) is 2. The average Bonchev–Trinajstić information content (AvgIpc) is 1.35. The number of nitrogens with zero attached hydrogens (tertiary/aromatic N) is 14. The highest BCUT2D eigenvalue weighted by Gasteiger charge is 2.52. The van der Waals surface area contributed by atoms with Crippen LogP contribution in [0, 0.1) is 34.6 Å². The minimum absolute atomic E-state index is 0.0335. The quantitative estimate of drug-likeness (QED) is 0.0313. The van der Waals surface area contributed by atoms with Gasteiger partial charge >= 0.3 is 7.12 Å².